The minimum atomic E-state index is -3.20. The quantitative estimate of drug-likeness (QED) is 0.683. The SMILES string of the molecule is CS(=O)(=O)NC1CCCN(C(=O)CCCN)C1. The minimum Gasteiger partial charge on any atom is -0.341 e. The third kappa shape index (κ3) is 5.47. The van der Waals surface area contributed by atoms with E-state index in [0.717, 1.165) is 19.1 Å². The zero-order valence-corrected chi connectivity index (χ0v) is 11.0. The Kier molecular flexibility index (Phi) is 5.35. The van der Waals surface area contributed by atoms with Crippen LogP contribution in [0, 0.1) is 0 Å². The maximum absolute atomic E-state index is 11.8. The van der Waals surface area contributed by atoms with Crippen molar-refractivity contribution >= 4 is 15.9 Å². The highest BCUT2D eigenvalue weighted by molar-refractivity contribution is 7.88. The van der Waals surface area contributed by atoms with E-state index in [-0.39, 0.29) is 11.9 Å². The van der Waals surface area contributed by atoms with Crippen LogP contribution >= 0.6 is 0 Å². The number of hydrogen-bond acceptors (Lipinski definition) is 4. The normalized spacial score (nSPS) is 21.5. The number of hydrogen-bond donors (Lipinski definition) is 2. The molecule has 0 saturated carbocycles. The van der Waals surface area contributed by atoms with Gasteiger partial charge in [-0.25, -0.2) is 13.1 Å². The standard InChI is InChI=1S/C10H21N3O3S/c1-17(15,16)12-9-4-3-7-13(8-9)10(14)5-2-6-11/h9,12H,2-8,11H2,1H3. The summed E-state index contributed by atoms with van der Waals surface area (Å²) < 4.78 is 24.8. The van der Waals surface area contributed by atoms with Gasteiger partial charge in [0.2, 0.25) is 15.9 Å². The molecule has 1 saturated heterocycles. The van der Waals surface area contributed by atoms with Crippen LogP contribution in [0.1, 0.15) is 25.7 Å². The summed E-state index contributed by atoms with van der Waals surface area (Å²) in [5.74, 6) is 0.0652. The molecule has 17 heavy (non-hydrogen) atoms. The van der Waals surface area contributed by atoms with Crippen molar-refractivity contribution in [2.45, 2.75) is 31.7 Å². The van der Waals surface area contributed by atoms with Crippen LogP contribution in [0.5, 0.6) is 0 Å². The summed E-state index contributed by atoms with van der Waals surface area (Å²) in [6, 6.07) is -0.152. The number of piperidine rings is 1. The van der Waals surface area contributed by atoms with Crippen LogP contribution in [0.4, 0.5) is 0 Å². The van der Waals surface area contributed by atoms with Gasteiger partial charge in [0.05, 0.1) is 6.26 Å². The van der Waals surface area contributed by atoms with Crippen LogP contribution in [0.15, 0.2) is 0 Å². The summed E-state index contributed by atoms with van der Waals surface area (Å²) in [6.45, 7) is 1.69. The van der Waals surface area contributed by atoms with Gasteiger partial charge < -0.3 is 10.6 Å². The van der Waals surface area contributed by atoms with Crippen molar-refractivity contribution in [1.82, 2.24) is 9.62 Å². The molecule has 1 aliphatic rings. The van der Waals surface area contributed by atoms with E-state index in [1.165, 1.54) is 0 Å². The Morgan fingerprint density at radius 2 is 2.24 bits per heavy atom. The summed E-state index contributed by atoms with van der Waals surface area (Å²) in [5, 5.41) is 0. The van der Waals surface area contributed by atoms with E-state index in [4.69, 9.17) is 5.73 Å². The third-order valence-corrected chi connectivity index (χ3v) is 3.51. The first kappa shape index (κ1) is 14.4. The van der Waals surface area contributed by atoms with E-state index < -0.39 is 10.0 Å². The fourth-order valence-electron chi connectivity index (χ4n) is 2.01. The smallest absolute Gasteiger partial charge is 0.222 e. The lowest BCUT2D eigenvalue weighted by Gasteiger charge is -2.32. The van der Waals surface area contributed by atoms with E-state index >= 15 is 0 Å². The molecule has 1 heterocycles. The fraction of sp³-hybridized carbons (Fsp3) is 0.900. The zero-order valence-electron chi connectivity index (χ0n) is 10.2. The number of likely N-dealkylation sites (tertiary alicyclic amines) is 1. The Bertz CT molecular complexity index is 356. The van der Waals surface area contributed by atoms with Crippen molar-refractivity contribution in [1.29, 1.82) is 0 Å². The fourth-order valence-corrected chi connectivity index (χ4v) is 2.81. The summed E-state index contributed by atoms with van der Waals surface area (Å²) in [5.41, 5.74) is 5.35. The highest BCUT2D eigenvalue weighted by Crippen LogP contribution is 2.12. The molecule has 3 N–H and O–H groups in total. The number of nitrogens with one attached hydrogen (secondary N) is 1. The van der Waals surface area contributed by atoms with Crippen LogP contribution in [-0.4, -0.2) is 51.2 Å². The molecule has 1 unspecified atom stereocenters. The lowest BCUT2D eigenvalue weighted by Crippen LogP contribution is -2.49. The van der Waals surface area contributed by atoms with Crippen molar-refractivity contribution < 1.29 is 13.2 Å². The Morgan fingerprint density at radius 1 is 1.53 bits per heavy atom. The molecule has 6 nitrogen and oxygen atoms in total. The highest BCUT2D eigenvalue weighted by atomic mass is 32.2. The largest absolute Gasteiger partial charge is 0.341 e. The van der Waals surface area contributed by atoms with E-state index in [1.54, 1.807) is 4.90 Å². The van der Waals surface area contributed by atoms with Crippen molar-refractivity contribution in [2.24, 2.45) is 5.73 Å². The molecule has 1 rings (SSSR count). The van der Waals surface area contributed by atoms with Crippen LogP contribution in [0.3, 0.4) is 0 Å². The van der Waals surface area contributed by atoms with Gasteiger partial charge in [-0.2, -0.15) is 0 Å². The van der Waals surface area contributed by atoms with Crippen LogP contribution in [0.25, 0.3) is 0 Å². The molecule has 100 valence electrons. The minimum absolute atomic E-state index is 0.0652. The molecular formula is C10H21N3O3S. The van der Waals surface area contributed by atoms with Gasteiger partial charge in [0.15, 0.2) is 0 Å². The van der Waals surface area contributed by atoms with Crippen molar-refractivity contribution in [3.63, 3.8) is 0 Å². The molecule has 0 aromatic rings. The molecule has 1 aliphatic heterocycles. The van der Waals surface area contributed by atoms with E-state index in [9.17, 15) is 13.2 Å². The summed E-state index contributed by atoms with van der Waals surface area (Å²) in [4.78, 5) is 13.5. The van der Waals surface area contributed by atoms with E-state index in [0.29, 0.717) is 32.5 Å². The van der Waals surface area contributed by atoms with Gasteiger partial charge in [-0.3, -0.25) is 4.79 Å². The maximum Gasteiger partial charge on any atom is 0.222 e. The van der Waals surface area contributed by atoms with Gasteiger partial charge in [0, 0.05) is 25.6 Å². The monoisotopic (exact) mass is 263 g/mol. The number of nitrogens with zero attached hydrogens (tertiary/aromatic N) is 1. The average Bonchev–Trinajstić information content (AvgIpc) is 2.24. The number of carbonyl (C=O) groups excluding carboxylic acids is 1. The predicted octanol–water partition coefficient (Wildman–Crippen LogP) is -0.734. The molecule has 0 spiro atoms. The van der Waals surface area contributed by atoms with E-state index in [2.05, 4.69) is 4.72 Å². The Labute approximate surface area is 103 Å². The summed E-state index contributed by atoms with van der Waals surface area (Å²) in [6.07, 6.45) is 3.89. The number of sulfonamides is 1. The van der Waals surface area contributed by atoms with Crippen molar-refractivity contribution in [3.05, 3.63) is 0 Å². The molecule has 7 heteroatoms. The van der Waals surface area contributed by atoms with Crippen LogP contribution in [0.2, 0.25) is 0 Å². The van der Waals surface area contributed by atoms with Gasteiger partial charge in [-0.15, -0.1) is 0 Å². The lowest BCUT2D eigenvalue weighted by atomic mass is 10.1. The van der Waals surface area contributed by atoms with Crippen molar-refractivity contribution in [3.8, 4) is 0 Å². The number of carbonyl (C=O) groups is 1. The second kappa shape index (κ2) is 6.32. The Hall–Kier alpha value is -0.660. The molecule has 1 atom stereocenters. The van der Waals surface area contributed by atoms with Crippen LogP contribution in [-0.2, 0) is 14.8 Å². The average molecular weight is 263 g/mol. The topological polar surface area (TPSA) is 92.5 Å². The third-order valence-electron chi connectivity index (χ3n) is 2.75. The van der Waals surface area contributed by atoms with Gasteiger partial charge in [0.1, 0.15) is 0 Å². The molecule has 0 radical (unpaired) electrons. The van der Waals surface area contributed by atoms with Gasteiger partial charge in [-0.1, -0.05) is 0 Å². The van der Waals surface area contributed by atoms with Gasteiger partial charge in [0.25, 0.3) is 0 Å². The van der Waals surface area contributed by atoms with E-state index in [1.807, 2.05) is 0 Å². The Morgan fingerprint density at radius 3 is 2.82 bits per heavy atom. The maximum atomic E-state index is 11.8. The molecule has 0 aliphatic carbocycles. The first-order chi connectivity index (χ1) is 7.92. The Balaban J connectivity index is 2.46. The second-order valence-electron chi connectivity index (χ2n) is 4.46. The highest BCUT2D eigenvalue weighted by Gasteiger charge is 2.24. The first-order valence-corrected chi connectivity index (χ1v) is 7.76. The molecule has 0 aromatic carbocycles. The zero-order chi connectivity index (χ0) is 12.9. The van der Waals surface area contributed by atoms with Crippen molar-refractivity contribution in [2.75, 3.05) is 25.9 Å². The number of amides is 1. The molecule has 0 bridgehead atoms. The second-order valence-corrected chi connectivity index (χ2v) is 6.24. The summed E-state index contributed by atoms with van der Waals surface area (Å²) >= 11 is 0. The number of nitrogens with two attached hydrogens (primary N) is 1. The van der Waals surface area contributed by atoms with Gasteiger partial charge in [-0.05, 0) is 25.8 Å². The number of rotatable bonds is 5. The summed E-state index contributed by atoms with van der Waals surface area (Å²) in [7, 11) is -3.20. The lowest BCUT2D eigenvalue weighted by molar-refractivity contribution is -0.132. The molecular weight excluding hydrogens is 242 g/mol. The first-order valence-electron chi connectivity index (χ1n) is 5.87. The molecule has 1 amide bonds. The predicted molar refractivity (Wildman–Crippen MR) is 65.9 cm³/mol. The van der Waals surface area contributed by atoms with Crippen LogP contribution < -0.4 is 10.5 Å². The van der Waals surface area contributed by atoms with Gasteiger partial charge >= 0.3 is 0 Å². The molecule has 0 aromatic heterocycles. The molecule has 1 fully saturated rings.